The molecule has 0 saturated carbocycles. The van der Waals surface area contributed by atoms with Crippen molar-refractivity contribution in [2.45, 2.75) is 48.0 Å². The maximum atomic E-state index is 4.65. The first-order valence-corrected chi connectivity index (χ1v) is 10.6. The van der Waals surface area contributed by atoms with Crippen LogP contribution in [0.3, 0.4) is 0 Å². The molecular weight excluding hydrogens is 364 g/mol. The van der Waals surface area contributed by atoms with Crippen LogP contribution in [0.5, 0.6) is 0 Å². The molecule has 4 rings (SSSR count). The number of nitrogens with zero attached hydrogens (tertiary/aromatic N) is 1. The van der Waals surface area contributed by atoms with Gasteiger partial charge in [0.05, 0.1) is 5.70 Å². The van der Waals surface area contributed by atoms with Gasteiger partial charge in [-0.15, -0.1) is 0 Å². The van der Waals surface area contributed by atoms with Crippen LogP contribution in [0, 0.1) is 41.5 Å². The molecule has 0 unspecified atom stereocenters. The van der Waals surface area contributed by atoms with Gasteiger partial charge in [-0.2, -0.15) is 0 Å². The minimum atomic E-state index is 0.908. The summed E-state index contributed by atoms with van der Waals surface area (Å²) in [7, 11) is 0. The van der Waals surface area contributed by atoms with Gasteiger partial charge in [-0.05, 0) is 99.2 Å². The molecule has 0 radical (unpaired) electrons. The monoisotopic (exact) mass is 394 g/mol. The molecule has 1 aliphatic rings. The van der Waals surface area contributed by atoms with Crippen LogP contribution in [-0.2, 0) is 6.42 Å². The standard InChI is InChI=1S/C28H30N2/c1-17-12-19(3)24(20(4)13-17)16-23-9-10-26(30-23)28(25-8-7-11-29-25)27-21(5)14-18(2)15-22(27)6/h7-15,30H,16H2,1-6H3. The first kappa shape index (κ1) is 20.2. The van der Waals surface area contributed by atoms with E-state index in [4.69, 9.17) is 0 Å². The smallest absolute Gasteiger partial charge is 0.0729 e. The molecule has 1 aromatic heterocycles. The summed E-state index contributed by atoms with van der Waals surface area (Å²) in [5.74, 6) is 0. The molecular formula is C28H30N2. The zero-order valence-corrected chi connectivity index (χ0v) is 18.9. The van der Waals surface area contributed by atoms with Crippen molar-refractivity contribution in [1.29, 1.82) is 0 Å². The average molecular weight is 395 g/mol. The normalized spacial score (nSPS) is 14.6. The minimum Gasteiger partial charge on any atom is -0.358 e. The minimum absolute atomic E-state index is 0.908. The molecule has 0 saturated heterocycles. The second kappa shape index (κ2) is 7.95. The van der Waals surface area contributed by atoms with E-state index in [1.807, 2.05) is 12.3 Å². The predicted molar refractivity (Wildman–Crippen MR) is 129 cm³/mol. The first-order valence-electron chi connectivity index (χ1n) is 10.6. The number of hydrogen-bond acceptors (Lipinski definition) is 1. The van der Waals surface area contributed by atoms with E-state index >= 15 is 0 Å². The van der Waals surface area contributed by atoms with E-state index < -0.39 is 0 Å². The van der Waals surface area contributed by atoms with Crippen LogP contribution in [0.15, 0.2) is 59.2 Å². The van der Waals surface area contributed by atoms with Gasteiger partial charge in [0.2, 0.25) is 0 Å². The molecule has 0 fully saturated rings. The molecule has 2 aromatic carbocycles. The Labute approximate surface area is 180 Å². The SMILES string of the molecule is Cc1cc(C)c(Cc2ccc(C(=C3C=CC=N3)c3c(C)cc(C)cc3C)[nH]2)c(C)c1. The largest absolute Gasteiger partial charge is 0.358 e. The van der Waals surface area contributed by atoms with E-state index in [1.54, 1.807) is 0 Å². The Bertz CT molecular complexity index is 1160. The van der Waals surface area contributed by atoms with Crippen molar-refractivity contribution >= 4 is 11.8 Å². The molecule has 2 nitrogen and oxygen atoms in total. The van der Waals surface area contributed by atoms with Crippen molar-refractivity contribution in [3.05, 3.63) is 110 Å². The van der Waals surface area contributed by atoms with Gasteiger partial charge >= 0.3 is 0 Å². The van der Waals surface area contributed by atoms with E-state index in [9.17, 15) is 0 Å². The van der Waals surface area contributed by atoms with Crippen LogP contribution in [0.25, 0.3) is 5.57 Å². The molecule has 1 N–H and O–H groups in total. The number of aryl methyl sites for hydroxylation is 6. The highest BCUT2D eigenvalue weighted by molar-refractivity contribution is 5.90. The number of allylic oxidation sites excluding steroid dienone is 2. The van der Waals surface area contributed by atoms with E-state index in [-0.39, 0.29) is 0 Å². The van der Waals surface area contributed by atoms with Gasteiger partial charge in [-0.3, -0.25) is 4.99 Å². The molecule has 0 amide bonds. The fourth-order valence-electron chi connectivity index (χ4n) is 4.79. The van der Waals surface area contributed by atoms with Crippen molar-refractivity contribution in [3.8, 4) is 0 Å². The maximum Gasteiger partial charge on any atom is 0.0729 e. The third-order valence-corrected chi connectivity index (χ3v) is 5.96. The fourth-order valence-corrected chi connectivity index (χ4v) is 4.79. The Morgan fingerprint density at radius 3 is 1.97 bits per heavy atom. The highest BCUT2D eigenvalue weighted by Gasteiger charge is 2.18. The summed E-state index contributed by atoms with van der Waals surface area (Å²) in [5.41, 5.74) is 15.1. The molecule has 0 atom stereocenters. The summed E-state index contributed by atoms with van der Waals surface area (Å²) in [4.78, 5) is 8.36. The van der Waals surface area contributed by atoms with Gasteiger partial charge in [-0.1, -0.05) is 35.4 Å². The lowest BCUT2D eigenvalue weighted by Crippen LogP contribution is -2.00. The number of nitrogens with one attached hydrogen (secondary N) is 1. The topological polar surface area (TPSA) is 28.1 Å². The van der Waals surface area contributed by atoms with Crippen molar-refractivity contribution in [2.75, 3.05) is 0 Å². The number of H-pyrrole nitrogens is 1. The summed E-state index contributed by atoms with van der Waals surface area (Å²) < 4.78 is 0. The van der Waals surface area contributed by atoms with Crippen LogP contribution in [0.1, 0.15) is 55.9 Å². The second-order valence-electron chi connectivity index (χ2n) is 8.62. The molecule has 2 heterocycles. The van der Waals surface area contributed by atoms with Crippen molar-refractivity contribution in [2.24, 2.45) is 4.99 Å². The van der Waals surface area contributed by atoms with Crippen molar-refractivity contribution in [1.82, 2.24) is 4.98 Å². The number of aliphatic imine (C=N–C) groups is 1. The number of hydrogen-bond donors (Lipinski definition) is 1. The number of benzene rings is 2. The lowest BCUT2D eigenvalue weighted by molar-refractivity contribution is 1.05. The average Bonchev–Trinajstić information content (AvgIpc) is 3.33. The Hall–Kier alpha value is -3.13. The number of aromatic nitrogens is 1. The molecule has 0 spiro atoms. The molecule has 152 valence electrons. The summed E-state index contributed by atoms with van der Waals surface area (Å²) in [6.45, 7) is 13.1. The Morgan fingerprint density at radius 1 is 0.800 bits per heavy atom. The highest BCUT2D eigenvalue weighted by Crippen LogP contribution is 2.34. The summed E-state index contributed by atoms with van der Waals surface area (Å²) >= 11 is 0. The lowest BCUT2D eigenvalue weighted by Gasteiger charge is -2.16. The van der Waals surface area contributed by atoms with Crippen LogP contribution >= 0.6 is 0 Å². The predicted octanol–water partition coefficient (Wildman–Crippen LogP) is 6.86. The highest BCUT2D eigenvalue weighted by atomic mass is 14.8. The van der Waals surface area contributed by atoms with Crippen LogP contribution in [0.4, 0.5) is 0 Å². The summed E-state index contributed by atoms with van der Waals surface area (Å²) in [6, 6.07) is 13.5. The fraction of sp³-hybridized carbons (Fsp3) is 0.250. The zero-order valence-electron chi connectivity index (χ0n) is 18.9. The van der Waals surface area contributed by atoms with Crippen LogP contribution < -0.4 is 0 Å². The summed E-state index contributed by atoms with van der Waals surface area (Å²) in [6.07, 6.45) is 6.89. The second-order valence-corrected chi connectivity index (χ2v) is 8.62. The lowest BCUT2D eigenvalue weighted by atomic mass is 9.91. The first-order chi connectivity index (χ1) is 14.3. The van der Waals surface area contributed by atoms with Crippen LogP contribution in [-0.4, -0.2) is 11.2 Å². The zero-order chi connectivity index (χ0) is 21.4. The van der Waals surface area contributed by atoms with Crippen molar-refractivity contribution < 1.29 is 0 Å². The van der Waals surface area contributed by atoms with Crippen LogP contribution in [0.2, 0.25) is 0 Å². The van der Waals surface area contributed by atoms with Gasteiger partial charge in [0.15, 0.2) is 0 Å². The van der Waals surface area contributed by atoms with E-state index in [0.717, 1.165) is 17.8 Å². The third kappa shape index (κ3) is 3.82. The quantitative estimate of drug-likeness (QED) is 0.501. The van der Waals surface area contributed by atoms with Gasteiger partial charge in [0, 0.05) is 29.6 Å². The van der Waals surface area contributed by atoms with Gasteiger partial charge in [0.25, 0.3) is 0 Å². The van der Waals surface area contributed by atoms with Crippen molar-refractivity contribution in [3.63, 3.8) is 0 Å². The van der Waals surface area contributed by atoms with E-state index in [0.29, 0.717) is 0 Å². The Balaban J connectivity index is 1.79. The molecule has 1 aliphatic heterocycles. The van der Waals surface area contributed by atoms with Gasteiger partial charge < -0.3 is 4.98 Å². The molecule has 0 aliphatic carbocycles. The number of aromatic amines is 1. The molecule has 3 aromatic rings. The Morgan fingerprint density at radius 2 is 1.40 bits per heavy atom. The van der Waals surface area contributed by atoms with E-state index in [1.165, 1.54) is 55.8 Å². The molecule has 2 heteroatoms. The van der Waals surface area contributed by atoms with E-state index in [2.05, 4.69) is 94.0 Å². The van der Waals surface area contributed by atoms with Gasteiger partial charge in [0.1, 0.15) is 0 Å². The number of rotatable bonds is 4. The molecule has 0 bridgehead atoms. The third-order valence-electron chi connectivity index (χ3n) is 5.96. The maximum absolute atomic E-state index is 4.65. The molecule has 30 heavy (non-hydrogen) atoms. The Kier molecular flexibility index (Phi) is 5.34. The van der Waals surface area contributed by atoms with Gasteiger partial charge in [-0.25, -0.2) is 0 Å². The summed E-state index contributed by atoms with van der Waals surface area (Å²) in [5, 5.41) is 0.